The number of piperidine rings is 1. The molecular formula is C18H20N4O. The molecule has 118 valence electrons. The highest BCUT2D eigenvalue weighted by molar-refractivity contribution is 5.78. The van der Waals surface area contributed by atoms with Gasteiger partial charge >= 0.3 is 0 Å². The minimum absolute atomic E-state index is 0.189. The van der Waals surface area contributed by atoms with Crippen LogP contribution in [0.2, 0.25) is 0 Å². The lowest BCUT2D eigenvalue weighted by Crippen LogP contribution is -2.36. The maximum atomic E-state index is 9.73. The summed E-state index contributed by atoms with van der Waals surface area (Å²) in [5.74, 6) is 1.80. The van der Waals surface area contributed by atoms with Crippen LogP contribution in [0.25, 0.3) is 22.6 Å². The van der Waals surface area contributed by atoms with Crippen molar-refractivity contribution in [3.05, 3.63) is 42.2 Å². The third-order valence-electron chi connectivity index (χ3n) is 4.40. The largest absolute Gasteiger partial charge is 0.393 e. The standard InChI is InChI=1S/C18H20N4O/c1-12-19-16-11-15(13-5-3-2-4-6-13)21-17(16)18(20-12)22-9-7-14(23)8-10-22/h2-6,11,14,23H,7-10H2,1H3,(H,19,20). The molecule has 5 heteroatoms. The van der Waals surface area contributed by atoms with Crippen molar-refractivity contribution in [3.8, 4) is 22.6 Å². The van der Waals surface area contributed by atoms with Crippen LogP contribution in [0.4, 0.5) is 5.82 Å². The van der Waals surface area contributed by atoms with Gasteiger partial charge in [-0.15, -0.1) is 0 Å². The van der Waals surface area contributed by atoms with Crippen LogP contribution in [-0.4, -0.2) is 39.3 Å². The first-order chi connectivity index (χ1) is 11.2. The molecule has 1 aromatic rings. The zero-order valence-corrected chi connectivity index (χ0v) is 13.2. The number of aromatic nitrogens is 3. The topological polar surface area (TPSA) is 65.0 Å². The molecule has 1 aromatic carbocycles. The van der Waals surface area contributed by atoms with Crippen molar-refractivity contribution >= 4 is 5.82 Å². The maximum absolute atomic E-state index is 9.73. The van der Waals surface area contributed by atoms with Gasteiger partial charge in [0.25, 0.3) is 0 Å². The smallest absolute Gasteiger partial charge is 0.158 e. The molecule has 1 fully saturated rings. The molecule has 3 aliphatic rings. The fourth-order valence-electron chi connectivity index (χ4n) is 3.17. The molecule has 0 amide bonds. The van der Waals surface area contributed by atoms with Gasteiger partial charge in [0.05, 0.1) is 17.5 Å². The van der Waals surface area contributed by atoms with Crippen LogP contribution < -0.4 is 4.90 Å². The van der Waals surface area contributed by atoms with Crippen LogP contribution in [0.3, 0.4) is 0 Å². The quantitative estimate of drug-likeness (QED) is 0.764. The SMILES string of the molecule is Cc1nc(N2CCC(O)CC2)c2nc(-c3ccccc3)cc-2[nH]1. The van der Waals surface area contributed by atoms with Gasteiger partial charge in [-0.25, -0.2) is 9.97 Å². The van der Waals surface area contributed by atoms with Gasteiger partial charge in [-0.3, -0.25) is 0 Å². The van der Waals surface area contributed by atoms with Gasteiger partial charge in [-0.05, 0) is 25.8 Å². The maximum Gasteiger partial charge on any atom is 0.158 e. The molecule has 3 heterocycles. The Morgan fingerprint density at radius 3 is 2.61 bits per heavy atom. The van der Waals surface area contributed by atoms with Crippen molar-refractivity contribution in [2.24, 2.45) is 0 Å². The van der Waals surface area contributed by atoms with Gasteiger partial charge in [0.1, 0.15) is 11.5 Å². The van der Waals surface area contributed by atoms with Gasteiger partial charge in [-0.1, -0.05) is 30.3 Å². The number of hydrogen-bond acceptors (Lipinski definition) is 4. The summed E-state index contributed by atoms with van der Waals surface area (Å²) in [6, 6.07) is 12.3. The number of benzene rings is 1. The first kappa shape index (κ1) is 14.2. The summed E-state index contributed by atoms with van der Waals surface area (Å²) in [5.41, 5.74) is 3.99. The second-order valence-corrected chi connectivity index (χ2v) is 6.13. The monoisotopic (exact) mass is 308 g/mol. The minimum Gasteiger partial charge on any atom is -0.393 e. The van der Waals surface area contributed by atoms with E-state index >= 15 is 0 Å². The highest BCUT2D eigenvalue weighted by Crippen LogP contribution is 2.34. The molecule has 3 aliphatic heterocycles. The average molecular weight is 308 g/mol. The number of fused-ring (bicyclic) bond motifs is 1. The van der Waals surface area contributed by atoms with Crippen LogP contribution in [-0.2, 0) is 0 Å². The molecule has 0 spiro atoms. The molecule has 0 aliphatic carbocycles. The number of aromatic amines is 1. The van der Waals surface area contributed by atoms with Gasteiger partial charge in [0.2, 0.25) is 0 Å². The van der Waals surface area contributed by atoms with Gasteiger partial charge in [0, 0.05) is 18.7 Å². The third-order valence-corrected chi connectivity index (χ3v) is 4.40. The number of aliphatic hydroxyl groups is 1. The number of anilines is 1. The molecular weight excluding hydrogens is 288 g/mol. The number of rotatable bonds is 2. The van der Waals surface area contributed by atoms with Gasteiger partial charge in [-0.2, -0.15) is 0 Å². The number of aliphatic hydroxyl groups excluding tert-OH is 1. The summed E-state index contributed by atoms with van der Waals surface area (Å²) >= 11 is 0. The summed E-state index contributed by atoms with van der Waals surface area (Å²) in [4.78, 5) is 15.1. The molecule has 0 bridgehead atoms. The highest BCUT2D eigenvalue weighted by Gasteiger charge is 2.24. The van der Waals surface area contributed by atoms with E-state index < -0.39 is 0 Å². The Balaban J connectivity index is 1.78. The first-order valence-corrected chi connectivity index (χ1v) is 8.06. The van der Waals surface area contributed by atoms with E-state index in [1.165, 1.54) is 0 Å². The Kier molecular flexibility index (Phi) is 3.50. The van der Waals surface area contributed by atoms with E-state index in [-0.39, 0.29) is 6.10 Å². The molecule has 2 N–H and O–H groups in total. The van der Waals surface area contributed by atoms with Crippen molar-refractivity contribution in [2.45, 2.75) is 25.9 Å². The van der Waals surface area contributed by atoms with Crippen LogP contribution in [0, 0.1) is 6.92 Å². The van der Waals surface area contributed by atoms with Crippen molar-refractivity contribution in [2.75, 3.05) is 18.0 Å². The number of H-pyrrole nitrogens is 1. The lowest BCUT2D eigenvalue weighted by atomic mass is 10.1. The molecule has 0 radical (unpaired) electrons. The van der Waals surface area contributed by atoms with Crippen LogP contribution in [0.5, 0.6) is 0 Å². The van der Waals surface area contributed by atoms with Crippen LogP contribution in [0.15, 0.2) is 36.4 Å². The van der Waals surface area contributed by atoms with E-state index in [0.717, 1.165) is 60.2 Å². The third kappa shape index (κ3) is 2.68. The summed E-state index contributed by atoms with van der Waals surface area (Å²) < 4.78 is 0. The molecule has 5 nitrogen and oxygen atoms in total. The normalized spacial score (nSPS) is 16.2. The van der Waals surface area contributed by atoms with E-state index in [9.17, 15) is 5.11 Å². The summed E-state index contributed by atoms with van der Waals surface area (Å²) in [6.45, 7) is 3.61. The molecule has 23 heavy (non-hydrogen) atoms. The number of hydrogen-bond donors (Lipinski definition) is 2. The first-order valence-electron chi connectivity index (χ1n) is 8.06. The van der Waals surface area contributed by atoms with E-state index in [4.69, 9.17) is 4.98 Å². The lowest BCUT2D eigenvalue weighted by Gasteiger charge is -2.31. The molecule has 4 rings (SSSR count). The Morgan fingerprint density at radius 1 is 1.13 bits per heavy atom. The summed E-state index contributed by atoms with van der Waals surface area (Å²) in [7, 11) is 0. The predicted molar refractivity (Wildman–Crippen MR) is 90.6 cm³/mol. The Bertz CT molecular complexity index is 775. The van der Waals surface area contributed by atoms with Gasteiger partial charge in [0.15, 0.2) is 5.82 Å². The van der Waals surface area contributed by atoms with E-state index in [1.807, 2.05) is 25.1 Å². The molecule has 0 atom stereocenters. The van der Waals surface area contributed by atoms with Crippen molar-refractivity contribution in [1.29, 1.82) is 0 Å². The molecule has 0 aromatic heterocycles. The zero-order valence-electron chi connectivity index (χ0n) is 13.2. The molecule has 0 unspecified atom stereocenters. The fraction of sp³-hybridized carbons (Fsp3) is 0.333. The van der Waals surface area contributed by atoms with Crippen LogP contribution >= 0.6 is 0 Å². The summed E-state index contributed by atoms with van der Waals surface area (Å²) in [5, 5.41) is 9.73. The molecule has 0 saturated carbocycles. The predicted octanol–water partition coefficient (Wildman–Crippen LogP) is 2.85. The second kappa shape index (κ2) is 5.66. The second-order valence-electron chi connectivity index (χ2n) is 6.13. The molecule has 1 saturated heterocycles. The lowest BCUT2D eigenvalue weighted by molar-refractivity contribution is 0.145. The zero-order chi connectivity index (χ0) is 15.8. The number of nitrogens with zero attached hydrogens (tertiary/aromatic N) is 3. The van der Waals surface area contributed by atoms with Gasteiger partial charge < -0.3 is 15.0 Å². The van der Waals surface area contributed by atoms with Crippen molar-refractivity contribution in [1.82, 2.24) is 15.0 Å². The van der Waals surface area contributed by atoms with E-state index in [0.29, 0.717) is 0 Å². The average Bonchev–Trinajstić information content (AvgIpc) is 2.99. The Hall–Kier alpha value is -2.40. The number of aryl methyl sites for hydroxylation is 1. The minimum atomic E-state index is -0.189. The van der Waals surface area contributed by atoms with E-state index in [2.05, 4.69) is 33.1 Å². The van der Waals surface area contributed by atoms with Crippen molar-refractivity contribution in [3.63, 3.8) is 0 Å². The van der Waals surface area contributed by atoms with E-state index in [1.54, 1.807) is 0 Å². The van der Waals surface area contributed by atoms with Crippen LogP contribution in [0.1, 0.15) is 18.7 Å². The summed E-state index contributed by atoms with van der Waals surface area (Å²) in [6.07, 6.45) is 1.38. The fourth-order valence-corrected chi connectivity index (χ4v) is 3.17. The highest BCUT2D eigenvalue weighted by atomic mass is 16.3. The Morgan fingerprint density at radius 2 is 1.87 bits per heavy atom. The van der Waals surface area contributed by atoms with Crippen molar-refractivity contribution < 1.29 is 5.11 Å². The number of nitrogens with one attached hydrogen (secondary N) is 1. The Labute approximate surface area is 135 Å².